The van der Waals surface area contributed by atoms with Crippen LogP contribution in [0.5, 0.6) is 5.75 Å². The predicted octanol–water partition coefficient (Wildman–Crippen LogP) is 2.09. The summed E-state index contributed by atoms with van der Waals surface area (Å²) in [6, 6.07) is 5.51. The molecular weight excluding hydrogens is 499 g/mol. The van der Waals surface area contributed by atoms with Gasteiger partial charge in [0.15, 0.2) is 12.0 Å². The van der Waals surface area contributed by atoms with Gasteiger partial charge < -0.3 is 24.9 Å². The number of hydrogen-bond donors (Lipinski definition) is 3. The van der Waals surface area contributed by atoms with Crippen LogP contribution in [0.2, 0.25) is 0 Å². The van der Waals surface area contributed by atoms with Crippen LogP contribution in [0.1, 0.15) is 78.5 Å². The number of aliphatic hydroxyl groups excluding tert-OH is 1. The highest BCUT2D eigenvalue weighted by Crippen LogP contribution is 2.22. The van der Waals surface area contributed by atoms with Gasteiger partial charge in [0.1, 0.15) is 11.6 Å². The molecule has 0 spiro atoms. The Bertz CT molecular complexity index is 1350. The summed E-state index contributed by atoms with van der Waals surface area (Å²) in [5, 5.41) is 22.9. The van der Waals surface area contributed by atoms with Crippen LogP contribution in [0.4, 0.5) is 4.39 Å². The van der Waals surface area contributed by atoms with Crippen molar-refractivity contribution in [3.63, 3.8) is 0 Å². The van der Waals surface area contributed by atoms with E-state index in [4.69, 9.17) is 9.15 Å². The Morgan fingerprint density at radius 3 is 2.50 bits per heavy atom. The molecule has 0 saturated heterocycles. The van der Waals surface area contributed by atoms with E-state index in [1.54, 1.807) is 13.8 Å². The minimum absolute atomic E-state index is 0.0137. The second-order valence-corrected chi connectivity index (χ2v) is 9.21. The van der Waals surface area contributed by atoms with E-state index >= 15 is 0 Å². The molecule has 204 valence electrons. The Morgan fingerprint density at radius 1 is 1.21 bits per heavy atom. The van der Waals surface area contributed by atoms with Crippen LogP contribution in [-0.2, 0) is 19.1 Å². The molecule has 12 nitrogen and oxygen atoms in total. The standard InChI is InChI=1S/C25H31FN6O6/c1-6-7-8-17(33)38-19-18(20(34)27-13-15-9-11-16(26)12-10-15)28-24(32(5)23(19)36)25(3,4)29-21(35)22-31-30-14(2)37-22/h9-12,17,33H,6-8,13H2,1-5H3,(H,27,34)(H,29,35). The quantitative estimate of drug-likeness (QED) is 0.315. The highest BCUT2D eigenvalue weighted by molar-refractivity contribution is 5.95. The average Bonchev–Trinajstić information content (AvgIpc) is 3.31. The number of ether oxygens (including phenoxy) is 1. The van der Waals surface area contributed by atoms with Gasteiger partial charge in [0.25, 0.3) is 11.5 Å². The third-order valence-corrected chi connectivity index (χ3v) is 5.59. The molecule has 1 atom stereocenters. The van der Waals surface area contributed by atoms with E-state index < -0.39 is 40.8 Å². The van der Waals surface area contributed by atoms with Crippen molar-refractivity contribution in [3.8, 4) is 5.75 Å². The Morgan fingerprint density at radius 2 is 1.89 bits per heavy atom. The van der Waals surface area contributed by atoms with E-state index in [9.17, 15) is 23.9 Å². The van der Waals surface area contributed by atoms with Crippen LogP contribution in [0.15, 0.2) is 33.5 Å². The molecule has 0 bridgehead atoms. The maximum atomic E-state index is 13.4. The van der Waals surface area contributed by atoms with Crippen molar-refractivity contribution >= 4 is 11.8 Å². The molecule has 3 aromatic rings. The number of halogens is 1. The Labute approximate surface area is 218 Å². The van der Waals surface area contributed by atoms with Crippen LogP contribution in [-0.4, -0.2) is 43.0 Å². The van der Waals surface area contributed by atoms with Gasteiger partial charge in [0, 0.05) is 26.9 Å². The lowest BCUT2D eigenvalue weighted by Gasteiger charge is -2.28. The van der Waals surface area contributed by atoms with Crippen LogP contribution in [0, 0.1) is 12.7 Å². The van der Waals surface area contributed by atoms with E-state index in [1.807, 2.05) is 6.92 Å². The molecular formula is C25H31FN6O6. The Hall–Kier alpha value is -4.13. The number of aromatic nitrogens is 4. The molecule has 3 rings (SSSR count). The summed E-state index contributed by atoms with van der Waals surface area (Å²) in [6.07, 6.45) is 0.317. The molecule has 2 amide bonds. The van der Waals surface area contributed by atoms with Gasteiger partial charge in [-0.2, -0.15) is 0 Å². The number of carbonyl (C=O) groups is 2. The van der Waals surface area contributed by atoms with Gasteiger partial charge in [-0.3, -0.25) is 19.0 Å². The van der Waals surface area contributed by atoms with Crippen molar-refractivity contribution in [2.45, 2.75) is 65.3 Å². The minimum Gasteiger partial charge on any atom is -0.457 e. The zero-order valence-corrected chi connectivity index (χ0v) is 21.9. The first-order chi connectivity index (χ1) is 17.9. The van der Waals surface area contributed by atoms with Crippen LogP contribution in [0.3, 0.4) is 0 Å². The first-order valence-electron chi connectivity index (χ1n) is 12.0. The molecule has 0 radical (unpaired) electrons. The highest BCUT2D eigenvalue weighted by Gasteiger charge is 2.33. The average molecular weight is 531 g/mol. The summed E-state index contributed by atoms with van der Waals surface area (Å²) in [6.45, 7) is 6.63. The molecule has 0 aliphatic heterocycles. The summed E-state index contributed by atoms with van der Waals surface area (Å²) in [5.74, 6) is -2.39. The summed E-state index contributed by atoms with van der Waals surface area (Å²) >= 11 is 0. The fourth-order valence-electron chi connectivity index (χ4n) is 3.62. The van der Waals surface area contributed by atoms with Gasteiger partial charge in [-0.25, -0.2) is 9.37 Å². The number of aryl methyl sites for hydroxylation is 1. The lowest BCUT2D eigenvalue weighted by Crippen LogP contribution is -2.46. The fraction of sp³-hybridized carbons (Fsp3) is 0.440. The van der Waals surface area contributed by atoms with Crippen molar-refractivity contribution in [1.82, 2.24) is 30.4 Å². The fourth-order valence-corrected chi connectivity index (χ4v) is 3.62. The monoisotopic (exact) mass is 530 g/mol. The van der Waals surface area contributed by atoms with Gasteiger partial charge in [0.2, 0.25) is 11.6 Å². The molecule has 1 aromatic carbocycles. The molecule has 38 heavy (non-hydrogen) atoms. The number of benzene rings is 1. The third kappa shape index (κ3) is 6.79. The summed E-state index contributed by atoms with van der Waals surface area (Å²) in [4.78, 5) is 43.6. The molecule has 0 fully saturated rings. The van der Waals surface area contributed by atoms with E-state index in [2.05, 4.69) is 25.8 Å². The molecule has 0 aliphatic carbocycles. The Balaban J connectivity index is 1.98. The number of rotatable bonds is 11. The first-order valence-corrected chi connectivity index (χ1v) is 12.0. The van der Waals surface area contributed by atoms with Crippen LogP contribution < -0.4 is 20.9 Å². The number of amides is 2. The van der Waals surface area contributed by atoms with Gasteiger partial charge in [-0.15, -0.1) is 10.2 Å². The van der Waals surface area contributed by atoms with E-state index in [0.29, 0.717) is 12.0 Å². The minimum atomic E-state index is -1.34. The lowest BCUT2D eigenvalue weighted by atomic mass is 10.0. The van der Waals surface area contributed by atoms with E-state index in [1.165, 1.54) is 38.2 Å². The van der Waals surface area contributed by atoms with E-state index in [-0.39, 0.29) is 36.3 Å². The highest BCUT2D eigenvalue weighted by atomic mass is 19.1. The first kappa shape index (κ1) is 28.4. The van der Waals surface area contributed by atoms with Crippen molar-refractivity contribution in [2.75, 3.05) is 0 Å². The largest absolute Gasteiger partial charge is 0.457 e. The van der Waals surface area contributed by atoms with Crippen molar-refractivity contribution < 1.29 is 28.2 Å². The van der Waals surface area contributed by atoms with Crippen LogP contribution in [0.25, 0.3) is 0 Å². The van der Waals surface area contributed by atoms with E-state index in [0.717, 1.165) is 11.0 Å². The van der Waals surface area contributed by atoms with Crippen molar-refractivity contribution in [1.29, 1.82) is 0 Å². The SMILES string of the molecule is CCCCC(O)Oc1c(C(=O)NCc2ccc(F)cc2)nc(C(C)(C)NC(=O)c2nnc(C)o2)n(C)c1=O. The second-order valence-electron chi connectivity index (χ2n) is 9.21. The zero-order chi connectivity index (χ0) is 28.0. The van der Waals surface area contributed by atoms with Crippen LogP contribution >= 0.6 is 0 Å². The predicted molar refractivity (Wildman–Crippen MR) is 133 cm³/mol. The normalized spacial score (nSPS) is 12.2. The number of nitrogens with zero attached hydrogens (tertiary/aromatic N) is 4. The van der Waals surface area contributed by atoms with Gasteiger partial charge in [-0.05, 0) is 38.0 Å². The number of carbonyl (C=O) groups excluding carboxylic acids is 2. The molecule has 13 heteroatoms. The molecule has 1 unspecified atom stereocenters. The number of aliphatic hydroxyl groups is 1. The summed E-state index contributed by atoms with van der Waals surface area (Å²) in [7, 11) is 1.40. The summed E-state index contributed by atoms with van der Waals surface area (Å²) in [5.41, 5.74) is -1.81. The molecule has 2 aromatic heterocycles. The number of nitrogens with one attached hydrogen (secondary N) is 2. The van der Waals surface area contributed by atoms with Crippen molar-refractivity contribution in [3.05, 3.63) is 69.3 Å². The van der Waals surface area contributed by atoms with Gasteiger partial charge in [-0.1, -0.05) is 25.5 Å². The smallest absolute Gasteiger partial charge is 0.309 e. The molecule has 0 aliphatic rings. The topological polar surface area (TPSA) is 161 Å². The molecule has 2 heterocycles. The summed E-state index contributed by atoms with van der Waals surface area (Å²) < 4.78 is 25.0. The number of hydrogen-bond acceptors (Lipinski definition) is 9. The Kier molecular flexibility index (Phi) is 8.94. The lowest BCUT2D eigenvalue weighted by molar-refractivity contribution is -0.0264. The maximum absolute atomic E-state index is 13.4. The molecule has 3 N–H and O–H groups in total. The van der Waals surface area contributed by atoms with Gasteiger partial charge in [0.05, 0.1) is 5.54 Å². The van der Waals surface area contributed by atoms with Crippen molar-refractivity contribution in [2.24, 2.45) is 7.05 Å². The third-order valence-electron chi connectivity index (χ3n) is 5.59. The zero-order valence-electron chi connectivity index (χ0n) is 21.9. The maximum Gasteiger partial charge on any atom is 0.309 e. The second kappa shape index (κ2) is 11.9. The van der Waals surface area contributed by atoms with Gasteiger partial charge >= 0.3 is 11.8 Å². The molecule has 0 saturated carbocycles. The number of unbranched alkanes of at least 4 members (excludes halogenated alkanes) is 1.